The molecule has 3 heterocycles. The Morgan fingerprint density at radius 3 is 2.70 bits per heavy atom. The molecule has 1 amide bonds. The summed E-state index contributed by atoms with van der Waals surface area (Å²) in [5.41, 5.74) is 5.91. The molecule has 1 atom stereocenters. The highest BCUT2D eigenvalue weighted by Crippen LogP contribution is 2.41. The minimum Gasteiger partial charge on any atom is -0.492 e. The van der Waals surface area contributed by atoms with Gasteiger partial charge >= 0.3 is 0 Å². The normalized spacial score (nSPS) is 17.4. The van der Waals surface area contributed by atoms with E-state index in [0.29, 0.717) is 47.2 Å². The highest BCUT2D eigenvalue weighted by atomic mass is 32.1. The monoisotopic (exact) mass is 389 g/mol. The first kappa shape index (κ1) is 17.9. The van der Waals surface area contributed by atoms with Gasteiger partial charge in [0, 0.05) is 11.5 Å². The number of halogens is 1. The Balaban J connectivity index is 1.77. The Hall–Kier alpha value is -2.52. The second-order valence-electron chi connectivity index (χ2n) is 6.78. The van der Waals surface area contributed by atoms with E-state index < -0.39 is 6.04 Å². The van der Waals surface area contributed by atoms with Gasteiger partial charge in [0.05, 0.1) is 10.9 Å². The van der Waals surface area contributed by atoms with Crippen LogP contribution in [0.15, 0.2) is 24.3 Å². The van der Waals surface area contributed by atoms with Crippen molar-refractivity contribution in [2.45, 2.75) is 25.8 Å². The van der Waals surface area contributed by atoms with E-state index >= 15 is 0 Å². The van der Waals surface area contributed by atoms with E-state index in [1.165, 1.54) is 21.9 Å². The lowest BCUT2D eigenvalue weighted by atomic mass is 9.93. The highest BCUT2D eigenvalue weighted by molar-refractivity contribution is 7.17. The molecule has 9 heteroatoms. The van der Waals surface area contributed by atoms with Crippen molar-refractivity contribution < 1.29 is 14.3 Å². The number of rotatable bonds is 4. The van der Waals surface area contributed by atoms with Gasteiger partial charge in [-0.2, -0.15) is 4.52 Å². The summed E-state index contributed by atoms with van der Waals surface area (Å²) in [5.74, 6) is -0.266. The lowest BCUT2D eigenvalue weighted by Crippen LogP contribution is -2.40. The van der Waals surface area contributed by atoms with Gasteiger partial charge in [-0.3, -0.25) is 9.69 Å². The fraction of sp³-hybridized carbons (Fsp3) is 0.389. The van der Waals surface area contributed by atoms with Gasteiger partial charge in [0.1, 0.15) is 11.6 Å². The molecular weight excluding hydrogens is 369 g/mol. The molecule has 0 bridgehead atoms. The van der Waals surface area contributed by atoms with E-state index in [-0.39, 0.29) is 23.5 Å². The molecule has 3 N–H and O–H groups in total. The van der Waals surface area contributed by atoms with Crippen LogP contribution in [0.25, 0.3) is 4.96 Å². The number of aromatic hydroxyl groups is 1. The Morgan fingerprint density at radius 1 is 1.37 bits per heavy atom. The molecular formula is C18H20FN5O2S. The van der Waals surface area contributed by atoms with Gasteiger partial charge in [-0.05, 0) is 38.9 Å². The van der Waals surface area contributed by atoms with Crippen molar-refractivity contribution in [2.24, 2.45) is 11.7 Å². The molecule has 0 radical (unpaired) electrons. The zero-order valence-electron chi connectivity index (χ0n) is 14.8. The number of primary amides is 1. The zero-order chi connectivity index (χ0) is 19.1. The van der Waals surface area contributed by atoms with Crippen LogP contribution in [-0.2, 0) is 4.79 Å². The summed E-state index contributed by atoms with van der Waals surface area (Å²) in [6.45, 7) is 2.92. The first-order chi connectivity index (χ1) is 13.0. The fourth-order valence-electron chi connectivity index (χ4n) is 3.67. The van der Waals surface area contributed by atoms with Gasteiger partial charge in [-0.15, -0.1) is 5.10 Å². The van der Waals surface area contributed by atoms with Crippen LogP contribution in [0.1, 0.15) is 35.1 Å². The molecule has 0 saturated carbocycles. The summed E-state index contributed by atoms with van der Waals surface area (Å²) >= 11 is 1.30. The van der Waals surface area contributed by atoms with E-state index in [4.69, 9.17) is 5.73 Å². The average Bonchev–Trinajstić information content (AvgIpc) is 3.15. The van der Waals surface area contributed by atoms with Gasteiger partial charge < -0.3 is 10.8 Å². The van der Waals surface area contributed by atoms with Crippen LogP contribution in [0.5, 0.6) is 5.88 Å². The number of likely N-dealkylation sites (tertiary alicyclic amines) is 1. The number of carbonyl (C=O) groups excluding carboxylic acids is 1. The van der Waals surface area contributed by atoms with Crippen molar-refractivity contribution in [3.63, 3.8) is 0 Å². The number of thiazole rings is 1. The quantitative estimate of drug-likeness (QED) is 0.713. The molecule has 1 aliphatic heterocycles. The van der Waals surface area contributed by atoms with Crippen molar-refractivity contribution in [1.82, 2.24) is 19.5 Å². The molecule has 27 heavy (non-hydrogen) atoms. The lowest BCUT2D eigenvalue weighted by Gasteiger charge is -2.36. The van der Waals surface area contributed by atoms with E-state index in [9.17, 15) is 14.3 Å². The number of carbonyl (C=O) groups is 1. The topological polar surface area (TPSA) is 96.8 Å². The molecule has 1 aromatic carbocycles. The maximum Gasteiger partial charge on any atom is 0.230 e. The number of aromatic nitrogens is 3. The summed E-state index contributed by atoms with van der Waals surface area (Å²) < 4.78 is 16.0. The molecule has 0 unspecified atom stereocenters. The maximum atomic E-state index is 14.6. The minimum absolute atomic E-state index is 0.0270. The van der Waals surface area contributed by atoms with Crippen LogP contribution in [0, 0.1) is 18.7 Å². The molecule has 1 aliphatic rings. The highest BCUT2D eigenvalue weighted by Gasteiger charge is 2.34. The predicted octanol–water partition coefficient (Wildman–Crippen LogP) is 2.23. The first-order valence-electron chi connectivity index (χ1n) is 8.78. The number of benzene rings is 1. The van der Waals surface area contributed by atoms with E-state index in [2.05, 4.69) is 15.0 Å². The number of amides is 1. The largest absolute Gasteiger partial charge is 0.492 e. The number of nitrogens with two attached hydrogens (primary N) is 1. The van der Waals surface area contributed by atoms with Crippen molar-refractivity contribution in [2.75, 3.05) is 13.1 Å². The summed E-state index contributed by atoms with van der Waals surface area (Å²) in [6, 6.07) is 6.08. The first-order valence-corrected chi connectivity index (χ1v) is 9.60. The van der Waals surface area contributed by atoms with E-state index in [1.807, 2.05) is 0 Å². The summed E-state index contributed by atoms with van der Waals surface area (Å²) in [5, 5.41) is 14.9. The zero-order valence-corrected chi connectivity index (χ0v) is 15.6. The maximum absolute atomic E-state index is 14.6. The Bertz CT molecular complexity index is 993. The van der Waals surface area contributed by atoms with E-state index in [1.54, 1.807) is 25.1 Å². The SMILES string of the molecule is Cc1nc2sc([C@H](c3ccccc3F)N3CCC(C(N)=O)CC3)c(O)n2n1. The van der Waals surface area contributed by atoms with Gasteiger partial charge in [-0.25, -0.2) is 9.37 Å². The van der Waals surface area contributed by atoms with Crippen molar-refractivity contribution >= 4 is 22.2 Å². The minimum atomic E-state index is -0.478. The van der Waals surface area contributed by atoms with Crippen LogP contribution >= 0.6 is 11.3 Å². The predicted molar refractivity (Wildman–Crippen MR) is 99.0 cm³/mol. The molecule has 142 valence electrons. The number of hydrogen-bond donors (Lipinski definition) is 2. The molecule has 2 aromatic heterocycles. The fourth-order valence-corrected chi connectivity index (χ4v) is 4.82. The third-order valence-corrected chi connectivity index (χ3v) is 6.12. The molecule has 0 spiro atoms. The lowest BCUT2D eigenvalue weighted by molar-refractivity contribution is -0.123. The van der Waals surface area contributed by atoms with Crippen LogP contribution in [0.3, 0.4) is 0 Å². The number of aryl methyl sites for hydroxylation is 1. The molecule has 1 fully saturated rings. The summed E-state index contributed by atoms with van der Waals surface area (Å²) in [4.78, 5) is 19.0. The Morgan fingerprint density at radius 2 is 2.07 bits per heavy atom. The Kier molecular flexibility index (Phi) is 4.56. The number of hydrogen-bond acceptors (Lipinski definition) is 6. The molecule has 0 aliphatic carbocycles. The molecule has 7 nitrogen and oxygen atoms in total. The van der Waals surface area contributed by atoms with Crippen molar-refractivity contribution in [3.8, 4) is 5.88 Å². The average molecular weight is 389 g/mol. The third kappa shape index (κ3) is 3.17. The van der Waals surface area contributed by atoms with Crippen LogP contribution in [-0.4, -0.2) is 43.6 Å². The van der Waals surface area contributed by atoms with E-state index in [0.717, 1.165) is 0 Å². The number of piperidine rings is 1. The molecule has 4 rings (SSSR count). The smallest absolute Gasteiger partial charge is 0.230 e. The van der Waals surface area contributed by atoms with Gasteiger partial charge in [0.2, 0.25) is 16.7 Å². The van der Waals surface area contributed by atoms with Crippen LogP contribution in [0.2, 0.25) is 0 Å². The molecule has 3 aromatic rings. The van der Waals surface area contributed by atoms with Gasteiger partial charge in [0.25, 0.3) is 0 Å². The van der Waals surface area contributed by atoms with Crippen LogP contribution < -0.4 is 5.73 Å². The summed E-state index contributed by atoms with van der Waals surface area (Å²) in [6.07, 6.45) is 1.22. The van der Waals surface area contributed by atoms with Crippen molar-refractivity contribution in [3.05, 3.63) is 46.3 Å². The molecule has 1 saturated heterocycles. The summed E-state index contributed by atoms with van der Waals surface area (Å²) in [7, 11) is 0. The number of fused-ring (bicyclic) bond motifs is 1. The van der Waals surface area contributed by atoms with Gasteiger partial charge in [-0.1, -0.05) is 29.5 Å². The standard InChI is InChI=1S/C18H20FN5O2S/c1-10-21-18-24(22-10)17(26)15(27-18)14(12-4-2-3-5-13(12)19)23-8-6-11(7-9-23)16(20)25/h2-5,11,14,26H,6-9H2,1H3,(H2,20,25)/t14-/m0/s1. The van der Waals surface area contributed by atoms with Crippen molar-refractivity contribution in [1.29, 1.82) is 0 Å². The third-order valence-electron chi connectivity index (χ3n) is 5.05. The number of nitrogens with zero attached hydrogens (tertiary/aromatic N) is 4. The van der Waals surface area contributed by atoms with Gasteiger partial charge in [0.15, 0.2) is 0 Å². The second kappa shape index (κ2) is 6.90. The van der Waals surface area contributed by atoms with Crippen LogP contribution in [0.4, 0.5) is 4.39 Å². The second-order valence-corrected chi connectivity index (χ2v) is 7.79. The Labute approximate surface area is 159 Å².